The van der Waals surface area contributed by atoms with Gasteiger partial charge in [-0.3, -0.25) is 0 Å². The highest BCUT2D eigenvalue weighted by Crippen LogP contribution is 2.40. The van der Waals surface area contributed by atoms with E-state index in [4.69, 9.17) is 19.6 Å². The van der Waals surface area contributed by atoms with Crippen LogP contribution in [-0.4, -0.2) is 75.8 Å². The van der Waals surface area contributed by atoms with Crippen LogP contribution in [0, 0.1) is 0 Å². The molecule has 0 radical (unpaired) electrons. The molecule has 0 bridgehead atoms. The number of pyridine rings is 1. The molecule has 3 aromatic heterocycles. The number of rotatable bonds is 7. The Balaban J connectivity index is 1.33. The lowest BCUT2D eigenvalue weighted by Crippen LogP contribution is -2.52. The number of aromatic nitrogens is 4. The molecule has 1 saturated carbocycles. The fraction of sp³-hybridized carbons (Fsp3) is 0.607. The van der Waals surface area contributed by atoms with E-state index in [-0.39, 0.29) is 17.7 Å². The molecule has 0 aromatic carbocycles. The molecule has 3 fully saturated rings. The first-order valence-corrected chi connectivity index (χ1v) is 13.7. The van der Waals surface area contributed by atoms with E-state index in [1.807, 2.05) is 12.4 Å². The number of anilines is 2. The van der Waals surface area contributed by atoms with Crippen molar-refractivity contribution in [2.75, 3.05) is 43.6 Å². The summed E-state index contributed by atoms with van der Waals surface area (Å²) in [6, 6.07) is 6.67. The lowest BCUT2D eigenvalue weighted by Gasteiger charge is -2.47. The molecular formula is C28H38N6O3. The van der Waals surface area contributed by atoms with Gasteiger partial charge in [-0.05, 0) is 75.6 Å². The van der Waals surface area contributed by atoms with Crippen LogP contribution in [0.1, 0.15) is 63.5 Å². The van der Waals surface area contributed by atoms with Gasteiger partial charge in [-0.15, -0.1) is 5.10 Å². The predicted molar refractivity (Wildman–Crippen MR) is 143 cm³/mol. The Morgan fingerprint density at radius 1 is 1.16 bits per heavy atom. The minimum absolute atomic E-state index is 0.0996. The smallest absolute Gasteiger partial charge is 0.241 e. The summed E-state index contributed by atoms with van der Waals surface area (Å²) in [5, 5.41) is 18.4. The van der Waals surface area contributed by atoms with E-state index in [2.05, 4.69) is 44.8 Å². The topological polar surface area (TPSA) is 97.0 Å². The van der Waals surface area contributed by atoms with Gasteiger partial charge in [0.05, 0.1) is 36.6 Å². The van der Waals surface area contributed by atoms with Crippen molar-refractivity contribution in [3.8, 4) is 11.1 Å². The zero-order valence-corrected chi connectivity index (χ0v) is 21.9. The summed E-state index contributed by atoms with van der Waals surface area (Å²) in [4.78, 5) is 11.8. The summed E-state index contributed by atoms with van der Waals surface area (Å²) >= 11 is 0. The van der Waals surface area contributed by atoms with E-state index in [1.54, 1.807) is 7.11 Å². The van der Waals surface area contributed by atoms with Crippen LogP contribution in [0.15, 0.2) is 30.6 Å². The molecule has 6 rings (SSSR count). The van der Waals surface area contributed by atoms with Gasteiger partial charge in [-0.25, -0.2) is 14.5 Å². The Morgan fingerprint density at radius 2 is 1.95 bits per heavy atom. The number of ether oxygens (including phenoxy) is 2. The molecule has 9 nitrogen and oxygen atoms in total. The third kappa shape index (κ3) is 4.92. The van der Waals surface area contributed by atoms with Gasteiger partial charge >= 0.3 is 0 Å². The first-order valence-electron chi connectivity index (χ1n) is 13.7. The molecule has 37 heavy (non-hydrogen) atoms. The molecule has 9 heteroatoms. The number of aliphatic hydroxyl groups excluding tert-OH is 1. The van der Waals surface area contributed by atoms with Crippen molar-refractivity contribution >= 4 is 17.3 Å². The molecule has 5 heterocycles. The summed E-state index contributed by atoms with van der Waals surface area (Å²) in [7, 11) is 1.70. The van der Waals surface area contributed by atoms with Gasteiger partial charge < -0.3 is 24.8 Å². The number of fused-ring (bicyclic) bond motifs is 1. The highest BCUT2D eigenvalue weighted by Gasteiger charge is 2.41. The molecule has 0 unspecified atom stereocenters. The third-order valence-electron chi connectivity index (χ3n) is 8.47. The summed E-state index contributed by atoms with van der Waals surface area (Å²) in [5.41, 5.74) is 4.55. The number of piperidine rings is 1. The van der Waals surface area contributed by atoms with E-state index in [0.29, 0.717) is 18.5 Å². The van der Waals surface area contributed by atoms with Gasteiger partial charge in [0.25, 0.3) is 0 Å². The van der Waals surface area contributed by atoms with Crippen LogP contribution in [0.3, 0.4) is 0 Å². The Kier molecular flexibility index (Phi) is 6.77. The van der Waals surface area contributed by atoms with E-state index < -0.39 is 0 Å². The quantitative estimate of drug-likeness (QED) is 0.496. The Bertz CT molecular complexity index is 1220. The highest BCUT2D eigenvalue weighted by atomic mass is 16.5. The molecule has 1 aliphatic carbocycles. The van der Waals surface area contributed by atoms with E-state index >= 15 is 0 Å². The summed E-state index contributed by atoms with van der Waals surface area (Å²) in [6.07, 6.45) is 10.5. The molecule has 1 spiro atoms. The number of hydrogen-bond acceptors (Lipinski definition) is 8. The van der Waals surface area contributed by atoms with E-state index in [9.17, 15) is 5.11 Å². The number of hydrogen-bond donors (Lipinski definition) is 2. The Morgan fingerprint density at radius 3 is 2.65 bits per heavy atom. The predicted octanol–water partition coefficient (Wildman–Crippen LogP) is 4.02. The van der Waals surface area contributed by atoms with Crippen molar-refractivity contribution < 1.29 is 14.6 Å². The van der Waals surface area contributed by atoms with Crippen LogP contribution in [-0.2, 0) is 9.47 Å². The van der Waals surface area contributed by atoms with Crippen LogP contribution in [0.2, 0.25) is 0 Å². The summed E-state index contributed by atoms with van der Waals surface area (Å²) in [6.45, 7) is 5.48. The number of methoxy groups -OCH3 is 1. The molecule has 2 N–H and O–H groups in total. The minimum Gasteiger partial charge on any atom is -0.393 e. The fourth-order valence-electron chi connectivity index (χ4n) is 6.17. The van der Waals surface area contributed by atoms with Gasteiger partial charge in [0.2, 0.25) is 5.95 Å². The van der Waals surface area contributed by atoms with Crippen molar-refractivity contribution in [3.05, 3.63) is 36.3 Å². The van der Waals surface area contributed by atoms with Crippen LogP contribution in [0.4, 0.5) is 11.8 Å². The zero-order valence-electron chi connectivity index (χ0n) is 21.9. The van der Waals surface area contributed by atoms with E-state index in [1.165, 1.54) is 12.1 Å². The van der Waals surface area contributed by atoms with Crippen LogP contribution >= 0.6 is 0 Å². The average molecular weight is 507 g/mol. The van der Waals surface area contributed by atoms with Gasteiger partial charge in [0, 0.05) is 49.6 Å². The third-order valence-corrected chi connectivity index (χ3v) is 8.47. The monoisotopic (exact) mass is 506 g/mol. The molecule has 0 amide bonds. The molecule has 3 aliphatic rings. The molecule has 1 atom stereocenters. The molecule has 2 aliphatic heterocycles. The maximum atomic E-state index is 10.1. The van der Waals surface area contributed by atoms with Crippen molar-refractivity contribution in [3.63, 3.8) is 0 Å². The van der Waals surface area contributed by atoms with Crippen molar-refractivity contribution in [1.29, 1.82) is 0 Å². The lowest BCUT2D eigenvalue weighted by molar-refractivity contribution is -0.158. The highest BCUT2D eigenvalue weighted by molar-refractivity contribution is 5.82. The maximum Gasteiger partial charge on any atom is 0.241 e. The number of aliphatic hydroxyl groups is 1. The molecule has 3 aromatic rings. The zero-order chi connectivity index (χ0) is 25.4. The van der Waals surface area contributed by atoms with Gasteiger partial charge in [0.15, 0.2) is 0 Å². The fourth-order valence-corrected chi connectivity index (χ4v) is 6.17. The Hall–Kier alpha value is -2.75. The van der Waals surface area contributed by atoms with Crippen LogP contribution < -0.4 is 10.2 Å². The molecular weight excluding hydrogens is 468 g/mol. The van der Waals surface area contributed by atoms with Crippen LogP contribution in [0.25, 0.3) is 16.6 Å². The summed E-state index contributed by atoms with van der Waals surface area (Å²) in [5.74, 6) is 1.96. The second kappa shape index (κ2) is 10.2. The maximum absolute atomic E-state index is 10.1. The second-order valence-electron chi connectivity index (χ2n) is 11.0. The van der Waals surface area contributed by atoms with Crippen molar-refractivity contribution in [2.45, 2.75) is 75.5 Å². The van der Waals surface area contributed by atoms with Gasteiger partial charge in [-0.2, -0.15) is 0 Å². The van der Waals surface area contributed by atoms with Crippen LogP contribution in [0.5, 0.6) is 0 Å². The van der Waals surface area contributed by atoms with E-state index in [0.717, 1.165) is 80.7 Å². The summed E-state index contributed by atoms with van der Waals surface area (Å²) < 4.78 is 13.2. The number of nitrogens with zero attached hydrogens (tertiary/aromatic N) is 5. The standard InChI is InChI=1S/C28H38N6O3/c1-19(18-36-2)31-27-30-17-25-23(16-24(34(25)32-27)20-3-5-22(35)6-4-20)21-7-11-29-26(15-21)33-12-8-28(9-13-33)10-14-37-28/h7,11,15-17,19-20,22,35H,3-6,8-10,12-14,18H2,1-2H3,(H,31,32)/t19-,20-,22-/m0/s1. The molecule has 198 valence electrons. The van der Waals surface area contributed by atoms with Gasteiger partial charge in [-0.1, -0.05) is 0 Å². The second-order valence-corrected chi connectivity index (χ2v) is 11.0. The largest absolute Gasteiger partial charge is 0.393 e. The van der Waals surface area contributed by atoms with Crippen molar-refractivity contribution in [1.82, 2.24) is 19.6 Å². The van der Waals surface area contributed by atoms with Crippen molar-refractivity contribution in [2.24, 2.45) is 0 Å². The molecule has 2 saturated heterocycles. The normalized spacial score (nSPS) is 24.2. The first-order chi connectivity index (χ1) is 18.0. The minimum atomic E-state index is -0.194. The SMILES string of the molecule is COC[C@H](C)Nc1ncc2c(-c3ccnc(N4CCC5(CCO5)CC4)c3)cc([C@H]3CC[C@H](O)CC3)n2n1. The lowest BCUT2D eigenvalue weighted by atomic mass is 9.84. The first kappa shape index (κ1) is 24.6. The Labute approximate surface area is 218 Å². The average Bonchev–Trinajstić information content (AvgIpc) is 3.27. The number of nitrogens with one attached hydrogen (secondary N) is 1. The van der Waals surface area contributed by atoms with Gasteiger partial charge in [0.1, 0.15) is 5.82 Å².